The molecule has 1 aromatic rings. The molecule has 0 spiro atoms. The van der Waals surface area contributed by atoms with Crippen LogP contribution >= 0.6 is 11.6 Å². The highest BCUT2D eigenvalue weighted by molar-refractivity contribution is 6.32. The van der Waals surface area contributed by atoms with Gasteiger partial charge in [-0.1, -0.05) is 29.8 Å². The Morgan fingerprint density at radius 2 is 2.10 bits per heavy atom. The highest BCUT2D eigenvalue weighted by Crippen LogP contribution is 2.15. The van der Waals surface area contributed by atoms with Crippen LogP contribution in [0.15, 0.2) is 30.5 Å². The van der Waals surface area contributed by atoms with Crippen LogP contribution in [0.1, 0.15) is 18.9 Å². The fraction of sp³-hybridized carbons (Fsp3) is 0.286. The molecule has 0 heterocycles. The van der Waals surface area contributed by atoms with Crippen LogP contribution < -0.4 is 10.6 Å². The maximum Gasteiger partial charge on any atom is 0.318 e. The molecule has 1 rings (SSSR count). The van der Waals surface area contributed by atoms with Gasteiger partial charge in [-0.3, -0.25) is 4.79 Å². The lowest BCUT2D eigenvalue weighted by atomic mass is 10.2. The van der Waals surface area contributed by atoms with Gasteiger partial charge in [-0.05, 0) is 24.6 Å². The van der Waals surface area contributed by atoms with E-state index in [1.54, 1.807) is 19.1 Å². The zero-order valence-corrected chi connectivity index (χ0v) is 11.9. The average molecular weight is 297 g/mol. The summed E-state index contributed by atoms with van der Waals surface area (Å²) in [5.74, 6) is -0.334. The van der Waals surface area contributed by atoms with Gasteiger partial charge in [-0.2, -0.15) is 0 Å². The maximum atomic E-state index is 11.4. The van der Waals surface area contributed by atoms with E-state index in [0.717, 1.165) is 5.56 Å². The Bertz CT molecular complexity index is 489. The van der Waals surface area contributed by atoms with Gasteiger partial charge in [0.2, 0.25) is 0 Å². The van der Waals surface area contributed by atoms with E-state index in [9.17, 15) is 9.59 Å². The van der Waals surface area contributed by atoms with Crippen LogP contribution in [0.2, 0.25) is 5.02 Å². The number of carbonyl (C=O) groups is 2. The number of urea groups is 1. The van der Waals surface area contributed by atoms with Crippen LogP contribution in [0.5, 0.6) is 0 Å². The Hall–Kier alpha value is -2.01. The maximum absolute atomic E-state index is 11.4. The SMILES string of the molecule is CCOC(=O)CCNC(=O)N/C=C/c1ccccc1Cl. The second kappa shape index (κ2) is 8.98. The van der Waals surface area contributed by atoms with Crippen LogP contribution in [0.3, 0.4) is 0 Å². The first kappa shape index (κ1) is 16.0. The van der Waals surface area contributed by atoms with Crippen molar-refractivity contribution in [3.8, 4) is 0 Å². The van der Waals surface area contributed by atoms with E-state index >= 15 is 0 Å². The molecule has 0 aliphatic rings. The Morgan fingerprint density at radius 3 is 2.80 bits per heavy atom. The number of halogens is 1. The number of hydrogen-bond donors (Lipinski definition) is 2. The summed E-state index contributed by atoms with van der Waals surface area (Å²) in [7, 11) is 0. The second-order valence-electron chi connectivity index (χ2n) is 3.81. The lowest BCUT2D eigenvalue weighted by Crippen LogP contribution is -2.33. The molecule has 0 bridgehead atoms. The lowest BCUT2D eigenvalue weighted by molar-refractivity contribution is -0.142. The molecule has 2 N–H and O–H groups in total. The Morgan fingerprint density at radius 1 is 1.35 bits per heavy atom. The molecule has 2 amide bonds. The number of rotatable bonds is 6. The summed E-state index contributed by atoms with van der Waals surface area (Å²) in [6, 6.07) is 6.89. The number of amides is 2. The number of nitrogens with one attached hydrogen (secondary N) is 2. The first-order valence-electron chi connectivity index (χ1n) is 6.24. The second-order valence-corrected chi connectivity index (χ2v) is 4.22. The van der Waals surface area contributed by atoms with Crippen molar-refractivity contribution in [2.45, 2.75) is 13.3 Å². The molecule has 0 radical (unpaired) electrons. The number of esters is 1. The van der Waals surface area contributed by atoms with Crippen molar-refractivity contribution in [3.05, 3.63) is 41.1 Å². The summed E-state index contributed by atoms with van der Waals surface area (Å²) in [5.41, 5.74) is 0.806. The molecule has 108 valence electrons. The van der Waals surface area contributed by atoms with Gasteiger partial charge in [0.1, 0.15) is 0 Å². The minimum absolute atomic E-state index is 0.148. The normalized spacial score (nSPS) is 10.3. The third kappa shape index (κ3) is 6.24. The minimum Gasteiger partial charge on any atom is -0.466 e. The van der Waals surface area contributed by atoms with E-state index in [0.29, 0.717) is 11.6 Å². The lowest BCUT2D eigenvalue weighted by Gasteiger charge is -2.04. The minimum atomic E-state index is -0.391. The molecule has 0 aromatic heterocycles. The fourth-order valence-corrected chi connectivity index (χ4v) is 1.58. The Balaban J connectivity index is 2.26. The van der Waals surface area contributed by atoms with Crippen molar-refractivity contribution >= 4 is 29.7 Å². The number of benzene rings is 1. The zero-order chi connectivity index (χ0) is 14.8. The monoisotopic (exact) mass is 296 g/mol. The highest BCUT2D eigenvalue weighted by atomic mass is 35.5. The molecule has 0 unspecified atom stereocenters. The van der Waals surface area contributed by atoms with Gasteiger partial charge in [0.05, 0.1) is 13.0 Å². The van der Waals surface area contributed by atoms with E-state index in [2.05, 4.69) is 10.6 Å². The Labute approximate surface area is 123 Å². The first-order chi connectivity index (χ1) is 9.63. The highest BCUT2D eigenvalue weighted by Gasteiger charge is 2.02. The summed E-state index contributed by atoms with van der Waals surface area (Å²) in [5, 5.41) is 5.67. The van der Waals surface area contributed by atoms with Crippen LogP contribution in [-0.2, 0) is 9.53 Å². The molecule has 5 nitrogen and oxygen atoms in total. The molecule has 6 heteroatoms. The summed E-state index contributed by atoms with van der Waals surface area (Å²) < 4.78 is 4.74. The van der Waals surface area contributed by atoms with Crippen LogP contribution in [0.25, 0.3) is 6.08 Å². The number of hydrogen-bond acceptors (Lipinski definition) is 3. The van der Waals surface area contributed by atoms with Crippen molar-refractivity contribution in [1.29, 1.82) is 0 Å². The van der Waals surface area contributed by atoms with Crippen molar-refractivity contribution < 1.29 is 14.3 Å². The molecule has 0 aliphatic heterocycles. The van der Waals surface area contributed by atoms with Gasteiger partial charge in [0.25, 0.3) is 0 Å². The van der Waals surface area contributed by atoms with E-state index in [1.165, 1.54) is 6.20 Å². The van der Waals surface area contributed by atoms with Crippen molar-refractivity contribution in [1.82, 2.24) is 10.6 Å². The quantitative estimate of drug-likeness (QED) is 0.793. The molecule has 1 aromatic carbocycles. The van der Waals surface area contributed by atoms with Gasteiger partial charge >= 0.3 is 12.0 Å². The molecular weight excluding hydrogens is 280 g/mol. The van der Waals surface area contributed by atoms with E-state index in [-0.39, 0.29) is 18.9 Å². The van der Waals surface area contributed by atoms with Gasteiger partial charge in [0.15, 0.2) is 0 Å². The molecular formula is C14H17ClN2O3. The molecule has 0 fully saturated rings. The third-order valence-corrected chi connectivity index (χ3v) is 2.65. The zero-order valence-electron chi connectivity index (χ0n) is 11.2. The van der Waals surface area contributed by atoms with Crippen LogP contribution in [0.4, 0.5) is 4.79 Å². The smallest absolute Gasteiger partial charge is 0.318 e. The first-order valence-corrected chi connectivity index (χ1v) is 6.62. The molecule has 20 heavy (non-hydrogen) atoms. The van der Waals surface area contributed by atoms with E-state index in [4.69, 9.17) is 16.3 Å². The summed E-state index contributed by atoms with van der Waals surface area (Å²) in [6.07, 6.45) is 3.32. The van der Waals surface area contributed by atoms with Crippen molar-refractivity contribution in [2.24, 2.45) is 0 Å². The van der Waals surface area contributed by atoms with E-state index in [1.807, 2.05) is 18.2 Å². The fourth-order valence-electron chi connectivity index (χ4n) is 1.38. The molecule has 0 saturated carbocycles. The van der Waals surface area contributed by atoms with Gasteiger partial charge in [-0.25, -0.2) is 4.79 Å². The molecule has 0 aliphatic carbocycles. The summed E-state index contributed by atoms with van der Waals surface area (Å²) in [6.45, 7) is 2.30. The predicted octanol–water partition coefficient (Wildman–Crippen LogP) is 2.56. The van der Waals surface area contributed by atoms with E-state index < -0.39 is 6.03 Å². The average Bonchev–Trinajstić information content (AvgIpc) is 2.41. The predicted molar refractivity (Wildman–Crippen MR) is 78.3 cm³/mol. The molecule has 0 saturated heterocycles. The van der Waals surface area contributed by atoms with Crippen LogP contribution in [0, 0.1) is 0 Å². The topological polar surface area (TPSA) is 67.4 Å². The third-order valence-electron chi connectivity index (χ3n) is 2.30. The van der Waals surface area contributed by atoms with Crippen molar-refractivity contribution in [2.75, 3.05) is 13.2 Å². The Kier molecular flexibility index (Phi) is 7.21. The van der Waals surface area contributed by atoms with Gasteiger partial charge < -0.3 is 15.4 Å². The number of carbonyl (C=O) groups excluding carboxylic acids is 2. The van der Waals surface area contributed by atoms with Gasteiger partial charge in [0, 0.05) is 17.8 Å². The molecule has 0 atom stereocenters. The van der Waals surface area contributed by atoms with Crippen molar-refractivity contribution in [3.63, 3.8) is 0 Å². The summed E-state index contributed by atoms with van der Waals surface area (Å²) in [4.78, 5) is 22.4. The summed E-state index contributed by atoms with van der Waals surface area (Å²) >= 11 is 5.96. The number of ether oxygens (including phenoxy) is 1. The standard InChI is InChI=1S/C14H17ClN2O3/c1-2-20-13(18)8-10-17-14(19)16-9-7-11-5-3-4-6-12(11)15/h3-7,9H,2,8,10H2,1H3,(H2,16,17,19)/b9-7+. The van der Waals surface area contributed by atoms with Gasteiger partial charge in [-0.15, -0.1) is 0 Å². The largest absolute Gasteiger partial charge is 0.466 e. The van der Waals surface area contributed by atoms with Crippen LogP contribution in [-0.4, -0.2) is 25.2 Å².